The molecule has 1 aromatic carbocycles. The fourth-order valence-corrected chi connectivity index (χ4v) is 2.53. The van der Waals surface area contributed by atoms with Gasteiger partial charge < -0.3 is 10.5 Å². The van der Waals surface area contributed by atoms with Gasteiger partial charge in [-0.25, -0.2) is 0 Å². The number of benzene rings is 1. The van der Waals surface area contributed by atoms with E-state index in [-0.39, 0.29) is 22.8 Å². The van der Waals surface area contributed by atoms with Gasteiger partial charge in [-0.3, -0.25) is 10.1 Å². The van der Waals surface area contributed by atoms with E-state index in [1.807, 2.05) is 13.0 Å². The molecule has 104 valence electrons. The van der Waals surface area contributed by atoms with E-state index in [9.17, 15) is 10.1 Å². The lowest BCUT2D eigenvalue weighted by atomic mass is 9.93. The van der Waals surface area contributed by atoms with Crippen LogP contribution in [0.25, 0.3) is 0 Å². The van der Waals surface area contributed by atoms with Gasteiger partial charge in [0.25, 0.3) is 5.69 Å². The predicted octanol–water partition coefficient (Wildman–Crippen LogP) is 2.86. The van der Waals surface area contributed by atoms with Crippen molar-refractivity contribution in [2.75, 3.05) is 0 Å². The topological polar surface area (TPSA) is 78.4 Å². The van der Waals surface area contributed by atoms with E-state index < -0.39 is 0 Å². The third kappa shape index (κ3) is 3.23. The Kier molecular flexibility index (Phi) is 4.04. The van der Waals surface area contributed by atoms with Crippen LogP contribution in [0.5, 0.6) is 5.75 Å². The Labute approximate surface area is 112 Å². The van der Waals surface area contributed by atoms with E-state index in [4.69, 9.17) is 10.5 Å². The smallest absolute Gasteiger partial charge is 0.276 e. The van der Waals surface area contributed by atoms with Crippen molar-refractivity contribution in [1.82, 2.24) is 0 Å². The molecule has 5 heteroatoms. The van der Waals surface area contributed by atoms with Crippen LogP contribution in [0.3, 0.4) is 0 Å². The normalized spacial score (nSPS) is 23.1. The van der Waals surface area contributed by atoms with Crippen molar-refractivity contribution in [2.24, 2.45) is 5.73 Å². The zero-order valence-electron chi connectivity index (χ0n) is 11.4. The van der Waals surface area contributed by atoms with Gasteiger partial charge in [-0.15, -0.1) is 0 Å². The van der Waals surface area contributed by atoms with Gasteiger partial charge in [-0.2, -0.15) is 0 Å². The minimum absolute atomic E-state index is 0.119. The number of ether oxygens (including phenoxy) is 1. The van der Waals surface area contributed by atoms with E-state index in [1.165, 1.54) is 0 Å². The first-order valence-corrected chi connectivity index (χ1v) is 6.65. The lowest BCUT2D eigenvalue weighted by Gasteiger charge is -2.27. The molecule has 0 heterocycles. The monoisotopic (exact) mass is 264 g/mol. The molecular weight excluding hydrogens is 244 g/mol. The number of hydrogen-bond acceptors (Lipinski definition) is 4. The molecule has 0 saturated heterocycles. The third-order valence-corrected chi connectivity index (χ3v) is 3.70. The lowest BCUT2D eigenvalue weighted by molar-refractivity contribution is -0.385. The maximum atomic E-state index is 11.0. The van der Waals surface area contributed by atoms with Crippen molar-refractivity contribution < 1.29 is 9.66 Å². The van der Waals surface area contributed by atoms with Crippen LogP contribution in [0.15, 0.2) is 12.1 Å². The zero-order valence-corrected chi connectivity index (χ0v) is 11.4. The lowest BCUT2D eigenvalue weighted by Crippen LogP contribution is -2.31. The predicted molar refractivity (Wildman–Crippen MR) is 73.4 cm³/mol. The fourth-order valence-electron chi connectivity index (χ4n) is 2.53. The average molecular weight is 264 g/mol. The summed E-state index contributed by atoms with van der Waals surface area (Å²) in [5.74, 6) is 0.623. The summed E-state index contributed by atoms with van der Waals surface area (Å²) in [5.41, 5.74) is 7.59. The largest absolute Gasteiger partial charge is 0.490 e. The Morgan fingerprint density at radius 3 is 2.42 bits per heavy atom. The number of nitro groups is 1. The molecule has 19 heavy (non-hydrogen) atoms. The van der Waals surface area contributed by atoms with Gasteiger partial charge in [-0.1, -0.05) is 0 Å². The summed E-state index contributed by atoms with van der Waals surface area (Å²) in [6.07, 6.45) is 3.88. The molecule has 0 aliphatic heterocycles. The number of rotatable bonds is 3. The second-order valence-electron chi connectivity index (χ2n) is 5.32. The quantitative estimate of drug-likeness (QED) is 0.672. The molecule has 0 unspecified atom stereocenters. The van der Waals surface area contributed by atoms with Crippen molar-refractivity contribution in [1.29, 1.82) is 0 Å². The van der Waals surface area contributed by atoms with Gasteiger partial charge in [0.15, 0.2) is 0 Å². The number of aryl methyl sites for hydroxylation is 2. The Hall–Kier alpha value is -1.62. The molecule has 0 radical (unpaired) electrons. The highest BCUT2D eigenvalue weighted by Gasteiger charge is 2.22. The van der Waals surface area contributed by atoms with Gasteiger partial charge in [0.1, 0.15) is 5.75 Å². The standard InChI is InChI=1S/C14H20N2O3/c1-9-7-10(2)14(8-13(9)16(17)18)19-12-5-3-11(15)4-6-12/h7-8,11-12H,3-6,15H2,1-2H3. The van der Waals surface area contributed by atoms with Crippen LogP contribution in [0.4, 0.5) is 5.69 Å². The Balaban J connectivity index is 2.15. The number of nitrogens with two attached hydrogens (primary N) is 1. The molecule has 1 aliphatic carbocycles. The van der Waals surface area contributed by atoms with Crippen molar-refractivity contribution in [3.05, 3.63) is 33.4 Å². The Morgan fingerprint density at radius 1 is 1.21 bits per heavy atom. The molecule has 1 saturated carbocycles. The Bertz CT molecular complexity index is 480. The first kappa shape index (κ1) is 13.8. The molecule has 0 spiro atoms. The highest BCUT2D eigenvalue weighted by Crippen LogP contribution is 2.31. The van der Waals surface area contributed by atoms with Crippen molar-refractivity contribution in [3.8, 4) is 5.75 Å². The molecule has 5 nitrogen and oxygen atoms in total. The van der Waals surface area contributed by atoms with Crippen molar-refractivity contribution in [2.45, 2.75) is 51.7 Å². The van der Waals surface area contributed by atoms with Crippen LogP contribution in [0.2, 0.25) is 0 Å². The van der Waals surface area contributed by atoms with Crippen LogP contribution in [-0.4, -0.2) is 17.1 Å². The molecule has 1 aliphatic rings. The summed E-state index contributed by atoms with van der Waals surface area (Å²) in [4.78, 5) is 10.6. The molecular formula is C14H20N2O3. The van der Waals surface area contributed by atoms with Crippen LogP contribution in [-0.2, 0) is 0 Å². The summed E-state index contributed by atoms with van der Waals surface area (Å²) in [6.45, 7) is 3.66. The van der Waals surface area contributed by atoms with Gasteiger partial charge in [0.2, 0.25) is 0 Å². The number of nitro benzene ring substituents is 1. The second-order valence-corrected chi connectivity index (χ2v) is 5.32. The van der Waals surface area contributed by atoms with Gasteiger partial charge >= 0.3 is 0 Å². The maximum Gasteiger partial charge on any atom is 0.276 e. The molecule has 1 aromatic rings. The summed E-state index contributed by atoms with van der Waals surface area (Å²) in [7, 11) is 0. The number of hydrogen-bond donors (Lipinski definition) is 1. The average Bonchev–Trinajstić information content (AvgIpc) is 2.34. The van der Waals surface area contributed by atoms with Crippen molar-refractivity contribution in [3.63, 3.8) is 0 Å². The van der Waals surface area contributed by atoms with E-state index in [0.717, 1.165) is 31.2 Å². The number of nitrogens with zero attached hydrogens (tertiary/aromatic N) is 1. The van der Waals surface area contributed by atoms with Crippen LogP contribution in [0.1, 0.15) is 36.8 Å². The van der Waals surface area contributed by atoms with Crippen LogP contribution < -0.4 is 10.5 Å². The minimum Gasteiger partial charge on any atom is -0.490 e. The highest BCUT2D eigenvalue weighted by molar-refractivity contribution is 5.49. The molecule has 0 bridgehead atoms. The van der Waals surface area contributed by atoms with E-state index in [2.05, 4.69) is 0 Å². The first-order chi connectivity index (χ1) is 8.97. The van der Waals surface area contributed by atoms with E-state index in [0.29, 0.717) is 11.3 Å². The SMILES string of the molecule is Cc1cc(C)c([N+](=O)[O-])cc1OC1CCC(N)CC1. The molecule has 0 amide bonds. The highest BCUT2D eigenvalue weighted by atomic mass is 16.6. The third-order valence-electron chi connectivity index (χ3n) is 3.70. The molecule has 0 aromatic heterocycles. The maximum absolute atomic E-state index is 11.0. The summed E-state index contributed by atoms with van der Waals surface area (Å²) >= 11 is 0. The van der Waals surface area contributed by atoms with E-state index >= 15 is 0 Å². The fraction of sp³-hybridized carbons (Fsp3) is 0.571. The zero-order chi connectivity index (χ0) is 14.0. The van der Waals surface area contributed by atoms with Gasteiger partial charge in [-0.05, 0) is 51.2 Å². The molecule has 1 fully saturated rings. The molecule has 0 atom stereocenters. The van der Waals surface area contributed by atoms with Crippen LogP contribution >= 0.6 is 0 Å². The minimum atomic E-state index is -0.363. The summed E-state index contributed by atoms with van der Waals surface area (Å²) in [5, 5.41) is 11.0. The first-order valence-electron chi connectivity index (χ1n) is 6.65. The summed E-state index contributed by atoms with van der Waals surface area (Å²) in [6, 6.07) is 3.62. The Morgan fingerprint density at radius 2 is 1.84 bits per heavy atom. The van der Waals surface area contributed by atoms with Crippen LogP contribution in [0, 0.1) is 24.0 Å². The van der Waals surface area contributed by atoms with Gasteiger partial charge in [0.05, 0.1) is 17.1 Å². The molecule has 2 N–H and O–H groups in total. The summed E-state index contributed by atoms with van der Waals surface area (Å²) < 4.78 is 5.92. The van der Waals surface area contributed by atoms with Crippen molar-refractivity contribution >= 4 is 5.69 Å². The second kappa shape index (κ2) is 5.57. The van der Waals surface area contributed by atoms with E-state index in [1.54, 1.807) is 13.0 Å². The molecule has 2 rings (SSSR count). The van der Waals surface area contributed by atoms with Gasteiger partial charge in [0, 0.05) is 11.6 Å².